The Morgan fingerprint density at radius 2 is 2.21 bits per heavy atom. The molecule has 0 amide bonds. The van der Waals surface area contributed by atoms with Crippen molar-refractivity contribution in [2.45, 2.75) is 19.9 Å². The van der Waals surface area contributed by atoms with Gasteiger partial charge in [0, 0.05) is 12.6 Å². The van der Waals surface area contributed by atoms with Crippen molar-refractivity contribution >= 4 is 0 Å². The molecule has 0 aliphatic carbocycles. The second-order valence-corrected chi connectivity index (χ2v) is 3.35. The van der Waals surface area contributed by atoms with Crippen LogP contribution in [0.15, 0.2) is 18.2 Å². The second-order valence-electron chi connectivity index (χ2n) is 3.35. The molecule has 0 radical (unpaired) electrons. The van der Waals surface area contributed by atoms with E-state index in [0.29, 0.717) is 6.54 Å². The summed E-state index contributed by atoms with van der Waals surface area (Å²) in [5.41, 5.74) is 7.65. The number of likely N-dealkylation sites (N-methyl/N-ethyl adjacent to an activating group) is 1. The first-order valence-electron chi connectivity index (χ1n) is 4.88. The topological polar surface area (TPSA) is 38.0 Å². The van der Waals surface area contributed by atoms with E-state index >= 15 is 0 Å². The third-order valence-corrected chi connectivity index (χ3v) is 2.30. The Morgan fingerprint density at radius 3 is 2.79 bits per heavy atom. The molecule has 3 N–H and O–H groups in total. The lowest BCUT2D eigenvalue weighted by atomic mass is 10.0. The Hall–Kier alpha value is -0.930. The predicted molar refractivity (Wildman–Crippen MR) is 56.6 cm³/mol. The van der Waals surface area contributed by atoms with Gasteiger partial charge in [-0.05, 0) is 36.7 Å². The van der Waals surface area contributed by atoms with Crippen molar-refractivity contribution < 1.29 is 4.39 Å². The zero-order valence-corrected chi connectivity index (χ0v) is 8.68. The summed E-state index contributed by atoms with van der Waals surface area (Å²) < 4.78 is 13.0. The van der Waals surface area contributed by atoms with Crippen LogP contribution in [0.4, 0.5) is 4.39 Å². The molecule has 2 nitrogen and oxygen atoms in total. The predicted octanol–water partition coefficient (Wildman–Crippen LogP) is 1.74. The summed E-state index contributed by atoms with van der Waals surface area (Å²) in [6.45, 7) is 5.29. The summed E-state index contributed by atoms with van der Waals surface area (Å²) in [6, 6.07) is 4.86. The van der Waals surface area contributed by atoms with E-state index in [1.54, 1.807) is 12.1 Å². The molecular weight excluding hydrogens is 179 g/mol. The van der Waals surface area contributed by atoms with E-state index in [1.807, 2.05) is 13.8 Å². The fourth-order valence-electron chi connectivity index (χ4n) is 1.55. The SMILES string of the molecule is CCNC(CN)c1cc(F)ccc1C. The van der Waals surface area contributed by atoms with E-state index in [-0.39, 0.29) is 11.9 Å². The van der Waals surface area contributed by atoms with Crippen LogP contribution >= 0.6 is 0 Å². The maximum absolute atomic E-state index is 13.0. The van der Waals surface area contributed by atoms with Gasteiger partial charge >= 0.3 is 0 Å². The lowest BCUT2D eigenvalue weighted by Gasteiger charge is -2.18. The molecule has 1 rings (SSSR count). The lowest BCUT2D eigenvalue weighted by Crippen LogP contribution is -2.28. The number of aryl methyl sites for hydroxylation is 1. The fourth-order valence-corrected chi connectivity index (χ4v) is 1.55. The molecule has 78 valence electrons. The molecule has 0 saturated carbocycles. The van der Waals surface area contributed by atoms with Crippen LogP contribution in [0, 0.1) is 12.7 Å². The zero-order valence-electron chi connectivity index (χ0n) is 8.68. The molecule has 0 aromatic heterocycles. The van der Waals surface area contributed by atoms with Gasteiger partial charge in [0.15, 0.2) is 0 Å². The van der Waals surface area contributed by atoms with Gasteiger partial charge in [-0.3, -0.25) is 0 Å². The first kappa shape index (κ1) is 11.1. The van der Waals surface area contributed by atoms with Crippen molar-refractivity contribution in [3.05, 3.63) is 35.1 Å². The molecule has 0 aliphatic rings. The molecule has 0 heterocycles. The van der Waals surface area contributed by atoms with Crippen LogP contribution in [0.5, 0.6) is 0 Å². The zero-order chi connectivity index (χ0) is 10.6. The maximum Gasteiger partial charge on any atom is 0.123 e. The number of halogens is 1. The van der Waals surface area contributed by atoms with E-state index in [0.717, 1.165) is 17.7 Å². The summed E-state index contributed by atoms with van der Waals surface area (Å²) >= 11 is 0. The van der Waals surface area contributed by atoms with Gasteiger partial charge in [-0.25, -0.2) is 4.39 Å². The number of hydrogen-bond donors (Lipinski definition) is 2. The fraction of sp³-hybridized carbons (Fsp3) is 0.455. The van der Waals surface area contributed by atoms with Gasteiger partial charge in [-0.15, -0.1) is 0 Å². The van der Waals surface area contributed by atoms with E-state index in [2.05, 4.69) is 5.32 Å². The van der Waals surface area contributed by atoms with E-state index in [9.17, 15) is 4.39 Å². The third-order valence-electron chi connectivity index (χ3n) is 2.30. The average Bonchev–Trinajstić information content (AvgIpc) is 2.18. The van der Waals surface area contributed by atoms with Crippen molar-refractivity contribution in [3.63, 3.8) is 0 Å². The number of nitrogens with one attached hydrogen (secondary N) is 1. The molecule has 1 unspecified atom stereocenters. The quantitative estimate of drug-likeness (QED) is 0.769. The highest BCUT2D eigenvalue weighted by atomic mass is 19.1. The van der Waals surface area contributed by atoms with E-state index in [4.69, 9.17) is 5.73 Å². The van der Waals surface area contributed by atoms with Gasteiger partial charge in [-0.1, -0.05) is 13.0 Å². The first-order valence-corrected chi connectivity index (χ1v) is 4.88. The van der Waals surface area contributed by atoms with Crippen LogP contribution in [0.1, 0.15) is 24.1 Å². The minimum Gasteiger partial charge on any atom is -0.329 e. The molecule has 1 aromatic carbocycles. The highest BCUT2D eigenvalue weighted by molar-refractivity contribution is 5.29. The van der Waals surface area contributed by atoms with Gasteiger partial charge < -0.3 is 11.1 Å². The van der Waals surface area contributed by atoms with Crippen molar-refractivity contribution in [2.75, 3.05) is 13.1 Å². The van der Waals surface area contributed by atoms with Gasteiger partial charge in [0.2, 0.25) is 0 Å². The second kappa shape index (κ2) is 5.08. The molecule has 0 fully saturated rings. The minimum atomic E-state index is -0.207. The third kappa shape index (κ3) is 2.53. The summed E-state index contributed by atoms with van der Waals surface area (Å²) in [6.07, 6.45) is 0. The molecule has 3 heteroatoms. The van der Waals surface area contributed by atoms with Crippen LogP contribution in [0.25, 0.3) is 0 Å². The maximum atomic E-state index is 13.0. The average molecular weight is 196 g/mol. The first-order chi connectivity index (χ1) is 6.69. The lowest BCUT2D eigenvalue weighted by molar-refractivity contribution is 0.551. The Morgan fingerprint density at radius 1 is 1.50 bits per heavy atom. The molecule has 14 heavy (non-hydrogen) atoms. The molecule has 1 atom stereocenters. The largest absolute Gasteiger partial charge is 0.329 e. The molecular formula is C11H17FN2. The van der Waals surface area contributed by atoms with Gasteiger partial charge in [0.05, 0.1) is 0 Å². The molecule has 0 aliphatic heterocycles. The van der Waals surface area contributed by atoms with Gasteiger partial charge in [0.25, 0.3) is 0 Å². The Balaban J connectivity index is 2.96. The highest BCUT2D eigenvalue weighted by Gasteiger charge is 2.11. The summed E-state index contributed by atoms with van der Waals surface area (Å²) in [5.74, 6) is -0.207. The number of hydrogen-bond acceptors (Lipinski definition) is 2. The van der Waals surface area contributed by atoms with E-state index in [1.165, 1.54) is 6.07 Å². The molecule has 1 aromatic rings. The smallest absolute Gasteiger partial charge is 0.123 e. The number of rotatable bonds is 4. The van der Waals surface area contributed by atoms with Crippen LogP contribution in [0.2, 0.25) is 0 Å². The van der Waals surface area contributed by atoms with Gasteiger partial charge in [0.1, 0.15) is 5.82 Å². The van der Waals surface area contributed by atoms with Crippen molar-refractivity contribution in [1.29, 1.82) is 0 Å². The van der Waals surface area contributed by atoms with Gasteiger partial charge in [-0.2, -0.15) is 0 Å². The summed E-state index contributed by atoms with van der Waals surface area (Å²) in [4.78, 5) is 0. The summed E-state index contributed by atoms with van der Waals surface area (Å²) in [5, 5.41) is 3.22. The standard InChI is InChI=1S/C11H17FN2/c1-3-14-11(7-13)10-6-9(12)5-4-8(10)2/h4-6,11,14H,3,7,13H2,1-2H3. The highest BCUT2D eigenvalue weighted by Crippen LogP contribution is 2.17. The monoisotopic (exact) mass is 196 g/mol. The van der Waals surface area contributed by atoms with Crippen molar-refractivity contribution in [2.24, 2.45) is 5.73 Å². The Labute approximate surface area is 84.3 Å². The Bertz CT molecular complexity index is 299. The number of nitrogens with two attached hydrogens (primary N) is 1. The van der Waals surface area contributed by atoms with Crippen LogP contribution < -0.4 is 11.1 Å². The van der Waals surface area contributed by atoms with Crippen molar-refractivity contribution in [1.82, 2.24) is 5.32 Å². The summed E-state index contributed by atoms with van der Waals surface area (Å²) in [7, 11) is 0. The Kier molecular flexibility index (Phi) is 4.04. The molecule has 0 spiro atoms. The van der Waals surface area contributed by atoms with Crippen LogP contribution in [0.3, 0.4) is 0 Å². The number of benzene rings is 1. The van der Waals surface area contributed by atoms with Crippen LogP contribution in [-0.4, -0.2) is 13.1 Å². The minimum absolute atomic E-state index is 0.0516. The molecule has 0 saturated heterocycles. The molecule has 0 bridgehead atoms. The van der Waals surface area contributed by atoms with Crippen LogP contribution in [-0.2, 0) is 0 Å². The van der Waals surface area contributed by atoms with Crippen molar-refractivity contribution in [3.8, 4) is 0 Å². The van der Waals surface area contributed by atoms with E-state index < -0.39 is 0 Å². The normalized spacial score (nSPS) is 12.9.